The van der Waals surface area contributed by atoms with Crippen LogP contribution in [0.25, 0.3) is 0 Å². The maximum absolute atomic E-state index is 11.9. The summed E-state index contributed by atoms with van der Waals surface area (Å²) in [7, 11) is 0. The van der Waals surface area contributed by atoms with Crippen molar-refractivity contribution in [2.75, 3.05) is 6.54 Å². The molecule has 1 atom stereocenters. The summed E-state index contributed by atoms with van der Waals surface area (Å²) < 4.78 is 0. The Bertz CT molecular complexity index is 591. The highest BCUT2D eigenvalue weighted by Gasteiger charge is 2.28. The van der Waals surface area contributed by atoms with E-state index in [0.29, 0.717) is 12.5 Å². The molecule has 6 nitrogen and oxygen atoms in total. The number of hydrogen-bond donors (Lipinski definition) is 3. The maximum Gasteiger partial charge on any atom is 0.291 e. The number of amides is 1. The van der Waals surface area contributed by atoms with E-state index >= 15 is 0 Å². The Kier molecular flexibility index (Phi) is 3.47. The molecule has 6 heteroatoms. The molecule has 0 spiro atoms. The molecule has 1 aromatic heterocycles. The number of nitrogens with two attached hydrogens (primary N) is 1. The van der Waals surface area contributed by atoms with Gasteiger partial charge in [0.1, 0.15) is 5.82 Å². The molecule has 1 amide bonds. The zero-order valence-electron chi connectivity index (χ0n) is 11.0. The predicted molar refractivity (Wildman–Crippen MR) is 74.1 cm³/mol. The second kappa shape index (κ2) is 5.42. The minimum atomic E-state index is -0.292. The van der Waals surface area contributed by atoms with Gasteiger partial charge in [0, 0.05) is 18.5 Å². The molecule has 3 rings (SSSR count). The van der Waals surface area contributed by atoms with E-state index in [0.717, 1.165) is 24.2 Å². The lowest BCUT2D eigenvalue weighted by Crippen LogP contribution is -2.32. The molecule has 1 heterocycles. The van der Waals surface area contributed by atoms with Crippen LogP contribution < -0.4 is 11.1 Å². The van der Waals surface area contributed by atoms with Crippen molar-refractivity contribution in [1.29, 1.82) is 0 Å². The molecule has 1 aromatic carbocycles. The number of carbonyl (C=O) groups excluding carboxylic acids is 1. The molecule has 0 bridgehead atoms. The largest absolute Gasteiger partial charge is 0.347 e. The van der Waals surface area contributed by atoms with Crippen molar-refractivity contribution < 1.29 is 4.79 Å². The molecule has 0 aliphatic heterocycles. The summed E-state index contributed by atoms with van der Waals surface area (Å²) in [4.78, 5) is 16.1. The lowest BCUT2D eigenvalue weighted by molar-refractivity contribution is 0.0941. The number of benzene rings is 1. The molecular weight excluding hydrogens is 254 g/mol. The molecule has 0 saturated heterocycles. The Hall–Kier alpha value is -2.21. The summed E-state index contributed by atoms with van der Waals surface area (Å²) in [5.41, 5.74) is 7.01. The lowest BCUT2D eigenvalue weighted by atomic mass is 10.1. The summed E-state index contributed by atoms with van der Waals surface area (Å²) in [5, 5.41) is 9.51. The van der Waals surface area contributed by atoms with Gasteiger partial charge >= 0.3 is 0 Å². The highest BCUT2D eigenvalue weighted by molar-refractivity contribution is 5.90. The fraction of sp³-hybridized carbons (Fsp3) is 0.357. The maximum atomic E-state index is 11.9. The quantitative estimate of drug-likeness (QED) is 0.759. The first-order chi connectivity index (χ1) is 9.74. The Labute approximate surface area is 116 Å². The first-order valence-electron chi connectivity index (χ1n) is 6.75. The molecule has 1 saturated carbocycles. The SMILES string of the molecule is NC(CNC(=O)c1n[nH]c(C2CC2)n1)c1ccccc1. The van der Waals surface area contributed by atoms with Crippen molar-refractivity contribution in [3.63, 3.8) is 0 Å². The third-order valence-corrected chi connectivity index (χ3v) is 3.38. The summed E-state index contributed by atoms with van der Waals surface area (Å²) >= 11 is 0. The van der Waals surface area contributed by atoms with E-state index in [1.807, 2.05) is 30.3 Å². The van der Waals surface area contributed by atoms with Crippen LogP contribution in [-0.4, -0.2) is 27.6 Å². The van der Waals surface area contributed by atoms with E-state index in [1.165, 1.54) is 0 Å². The summed E-state index contributed by atoms with van der Waals surface area (Å²) in [6, 6.07) is 9.43. The summed E-state index contributed by atoms with van der Waals surface area (Å²) in [5.74, 6) is 1.16. The Balaban J connectivity index is 1.55. The van der Waals surface area contributed by atoms with Gasteiger partial charge in [-0.2, -0.15) is 0 Å². The molecular formula is C14H17N5O. The highest BCUT2D eigenvalue weighted by Crippen LogP contribution is 2.37. The fourth-order valence-electron chi connectivity index (χ4n) is 2.02. The van der Waals surface area contributed by atoms with Crippen molar-refractivity contribution in [3.8, 4) is 0 Å². The van der Waals surface area contributed by atoms with Gasteiger partial charge in [-0.15, -0.1) is 5.10 Å². The summed E-state index contributed by atoms with van der Waals surface area (Å²) in [6.45, 7) is 0.357. The number of nitrogens with zero attached hydrogens (tertiary/aromatic N) is 2. The van der Waals surface area contributed by atoms with E-state index in [4.69, 9.17) is 5.73 Å². The normalized spacial score (nSPS) is 15.8. The van der Waals surface area contributed by atoms with Crippen molar-refractivity contribution in [1.82, 2.24) is 20.5 Å². The van der Waals surface area contributed by atoms with Crippen LogP contribution in [0.4, 0.5) is 0 Å². The van der Waals surface area contributed by atoms with Gasteiger partial charge < -0.3 is 11.1 Å². The standard InChI is InChI=1S/C14H17N5O/c15-11(9-4-2-1-3-5-9)8-16-14(20)13-17-12(18-19-13)10-6-7-10/h1-5,10-11H,6-8,15H2,(H,16,20)(H,17,18,19). The predicted octanol–water partition coefficient (Wildman–Crippen LogP) is 1.11. The minimum absolute atomic E-state index is 0.187. The van der Waals surface area contributed by atoms with Gasteiger partial charge in [0.25, 0.3) is 5.91 Å². The molecule has 1 aliphatic rings. The summed E-state index contributed by atoms with van der Waals surface area (Å²) in [6.07, 6.45) is 2.24. The number of carbonyl (C=O) groups is 1. The fourth-order valence-corrected chi connectivity index (χ4v) is 2.02. The average Bonchev–Trinajstić information content (AvgIpc) is 3.22. The van der Waals surface area contributed by atoms with Crippen molar-refractivity contribution in [2.45, 2.75) is 24.8 Å². The highest BCUT2D eigenvalue weighted by atomic mass is 16.2. The third-order valence-electron chi connectivity index (χ3n) is 3.38. The second-order valence-corrected chi connectivity index (χ2v) is 5.05. The van der Waals surface area contributed by atoms with E-state index in [1.54, 1.807) is 0 Å². The van der Waals surface area contributed by atoms with E-state index in [2.05, 4.69) is 20.5 Å². The molecule has 0 radical (unpaired) electrons. The number of aromatic nitrogens is 3. The van der Waals surface area contributed by atoms with E-state index in [9.17, 15) is 4.79 Å². The van der Waals surface area contributed by atoms with Crippen LogP contribution in [0.5, 0.6) is 0 Å². The van der Waals surface area contributed by atoms with Gasteiger partial charge in [0.15, 0.2) is 0 Å². The van der Waals surface area contributed by atoms with Gasteiger partial charge in [-0.1, -0.05) is 30.3 Å². The Morgan fingerprint density at radius 1 is 1.40 bits per heavy atom. The van der Waals surface area contributed by atoms with Crippen LogP contribution in [0, 0.1) is 0 Å². The Morgan fingerprint density at radius 3 is 2.85 bits per heavy atom. The van der Waals surface area contributed by atoms with Crippen LogP contribution in [0.2, 0.25) is 0 Å². The average molecular weight is 271 g/mol. The van der Waals surface area contributed by atoms with Crippen molar-refractivity contribution in [3.05, 3.63) is 47.5 Å². The van der Waals surface area contributed by atoms with Crippen LogP contribution in [0.3, 0.4) is 0 Å². The second-order valence-electron chi connectivity index (χ2n) is 5.05. The molecule has 1 unspecified atom stereocenters. The first-order valence-corrected chi connectivity index (χ1v) is 6.75. The van der Waals surface area contributed by atoms with Crippen LogP contribution in [0.15, 0.2) is 30.3 Å². The van der Waals surface area contributed by atoms with Gasteiger partial charge in [0.05, 0.1) is 0 Å². The van der Waals surface area contributed by atoms with Gasteiger partial charge in [-0.05, 0) is 18.4 Å². The number of hydrogen-bond acceptors (Lipinski definition) is 4. The molecule has 1 aliphatic carbocycles. The topological polar surface area (TPSA) is 96.7 Å². The van der Waals surface area contributed by atoms with Crippen LogP contribution in [0.1, 0.15) is 46.8 Å². The third kappa shape index (κ3) is 2.85. The van der Waals surface area contributed by atoms with Crippen LogP contribution in [-0.2, 0) is 0 Å². The zero-order valence-corrected chi connectivity index (χ0v) is 11.0. The Morgan fingerprint density at radius 2 is 2.15 bits per heavy atom. The zero-order chi connectivity index (χ0) is 13.9. The molecule has 2 aromatic rings. The van der Waals surface area contributed by atoms with E-state index < -0.39 is 0 Å². The molecule has 20 heavy (non-hydrogen) atoms. The van der Waals surface area contributed by atoms with Gasteiger partial charge in [-0.3, -0.25) is 9.89 Å². The lowest BCUT2D eigenvalue weighted by Gasteiger charge is -2.12. The molecule has 1 fully saturated rings. The van der Waals surface area contributed by atoms with Crippen LogP contribution >= 0.6 is 0 Å². The molecule has 4 N–H and O–H groups in total. The number of nitrogens with one attached hydrogen (secondary N) is 2. The number of rotatable bonds is 5. The number of H-pyrrole nitrogens is 1. The monoisotopic (exact) mass is 271 g/mol. The minimum Gasteiger partial charge on any atom is -0.347 e. The smallest absolute Gasteiger partial charge is 0.291 e. The van der Waals surface area contributed by atoms with Crippen molar-refractivity contribution >= 4 is 5.91 Å². The van der Waals surface area contributed by atoms with E-state index in [-0.39, 0.29) is 17.8 Å². The van der Waals surface area contributed by atoms with Gasteiger partial charge in [-0.25, -0.2) is 4.98 Å². The molecule has 104 valence electrons. The van der Waals surface area contributed by atoms with Crippen molar-refractivity contribution in [2.24, 2.45) is 5.73 Å². The first kappa shape index (κ1) is 12.8. The number of aromatic amines is 1. The van der Waals surface area contributed by atoms with Gasteiger partial charge in [0.2, 0.25) is 5.82 Å².